The number of ether oxygens (including phenoxy) is 1. The summed E-state index contributed by atoms with van der Waals surface area (Å²) >= 11 is 0. The zero-order valence-electron chi connectivity index (χ0n) is 38.8. The second kappa shape index (κ2) is 19.2. The van der Waals surface area contributed by atoms with Crippen LogP contribution in [-0.4, -0.2) is 124 Å². The van der Waals surface area contributed by atoms with Crippen molar-refractivity contribution >= 4 is 51.2 Å². The van der Waals surface area contributed by atoms with Crippen molar-refractivity contribution in [1.82, 2.24) is 39.5 Å². The number of aromatic nitrogens is 4. The van der Waals surface area contributed by atoms with E-state index in [1.807, 2.05) is 23.2 Å². The third kappa shape index (κ3) is 9.41. The van der Waals surface area contributed by atoms with Crippen LogP contribution in [0, 0.1) is 11.7 Å². The van der Waals surface area contributed by atoms with Crippen LogP contribution in [0.4, 0.5) is 15.8 Å². The molecule has 3 aromatic heterocycles. The number of aryl methyl sites for hydroxylation is 1. The van der Waals surface area contributed by atoms with Crippen molar-refractivity contribution in [2.45, 2.75) is 70.1 Å². The molecule has 4 aliphatic rings. The van der Waals surface area contributed by atoms with Gasteiger partial charge in [0.15, 0.2) is 0 Å². The summed E-state index contributed by atoms with van der Waals surface area (Å²) in [4.78, 5) is 59.3. The average molecular weight is 909 g/mol. The Morgan fingerprint density at radius 2 is 1.67 bits per heavy atom. The fraction of sp³-hybridized carbons (Fsp3) is 0.442. The quantitative estimate of drug-likeness (QED) is 0.108. The number of nitrogens with zero attached hydrogens (tertiary/aromatic N) is 7. The van der Waals surface area contributed by atoms with Gasteiger partial charge in [0.2, 0.25) is 11.8 Å². The lowest BCUT2D eigenvalue weighted by atomic mass is 9.88. The minimum atomic E-state index is -0.551. The number of benzene rings is 3. The molecule has 0 aliphatic carbocycles. The first-order valence-corrected chi connectivity index (χ1v) is 24.0. The van der Waals surface area contributed by atoms with E-state index in [0.717, 1.165) is 129 Å². The number of likely N-dealkylation sites (tertiary alicyclic amines) is 2. The largest absolute Gasteiger partial charge is 0.377 e. The molecule has 0 spiro atoms. The van der Waals surface area contributed by atoms with Gasteiger partial charge in [0.05, 0.1) is 16.7 Å². The molecule has 3 aromatic carbocycles. The normalized spacial score (nSPS) is 19.9. The second-order valence-corrected chi connectivity index (χ2v) is 19.0. The first kappa shape index (κ1) is 44.7. The van der Waals surface area contributed by atoms with Gasteiger partial charge in [-0.1, -0.05) is 18.2 Å². The van der Waals surface area contributed by atoms with Gasteiger partial charge >= 0.3 is 0 Å². The molecule has 350 valence electrons. The second-order valence-electron chi connectivity index (χ2n) is 19.0. The van der Waals surface area contributed by atoms with Gasteiger partial charge in [-0.25, -0.2) is 14.4 Å². The minimum absolute atomic E-state index is 0.119. The van der Waals surface area contributed by atoms with Gasteiger partial charge in [-0.2, -0.15) is 0 Å². The number of hydrogen-bond donors (Lipinski definition) is 3. The van der Waals surface area contributed by atoms with E-state index < -0.39 is 6.04 Å². The third-order valence-corrected chi connectivity index (χ3v) is 14.9. The van der Waals surface area contributed by atoms with Crippen LogP contribution in [-0.2, 0) is 28.0 Å². The van der Waals surface area contributed by atoms with Crippen molar-refractivity contribution in [2.24, 2.45) is 13.0 Å². The Morgan fingerprint density at radius 3 is 2.40 bits per heavy atom. The number of fused-ring (bicyclic) bond motifs is 2. The fourth-order valence-corrected chi connectivity index (χ4v) is 11.0. The van der Waals surface area contributed by atoms with E-state index in [1.54, 1.807) is 19.2 Å². The lowest BCUT2D eigenvalue weighted by molar-refractivity contribution is -0.133. The maximum Gasteiger partial charge on any atom is 0.253 e. The topological polar surface area (TPSA) is 144 Å². The van der Waals surface area contributed by atoms with Gasteiger partial charge < -0.3 is 29.4 Å². The Labute approximate surface area is 390 Å². The highest BCUT2D eigenvalue weighted by Gasteiger charge is 2.31. The Balaban J connectivity index is 0.677. The third-order valence-electron chi connectivity index (χ3n) is 14.9. The number of carbonyl (C=O) groups is 3. The van der Waals surface area contributed by atoms with Crippen LogP contribution in [0.2, 0.25) is 0 Å². The zero-order valence-corrected chi connectivity index (χ0v) is 38.8. The molecule has 0 radical (unpaired) electrons. The first-order valence-electron chi connectivity index (χ1n) is 24.0. The number of nitrogens with one attached hydrogen (secondary N) is 3. The predicted molar refractivity (Wildman–Crippen MR) is 258 cm³/mol. The summed E-state index contributed by atoms with van der Waals surface area (Å²) < 4.78 is 22.8. The smallest absolute Gasteiger partial charge is 0.253 e. The number of aromatic amines is 1. The van der Waals surface area contributed by atoms with E-state index in [4.69, 9.17) is 9.72 Å². The first-order chi connectivity index (χ1) is 32.6. The molecule has 67 heavy (non-hydrogen) atoms. The molecule has 3 N–H and O–H groups in total. The monoisotopic (exact) mass is 908 g/mol. The summed E-state index contributed by atoms with van der Waals surface area (Å²) in [7, 11) is 3.80. The molecular weight excluding hydrogens is 848 g/mol. The van der Waals surface area contributed by atoms with Crippen molar-refractivity contribution < 1.29 is 23.5 Å². The number of methoxy groups -OCH3 is 1. The number of amides is 3. The van der Waals surface area contributed by atoms with E-state index in [-0.39, 0.29) is 36.0 Å². The van der Waals surface area contributed by atoms with Crippen molar-refractivity contribution in [2.75, 3.05) is 76.2 Å². The van der Waals surface area contributed by atoms with Crippen LogP contribution in [0.3, 0.4) is 0 Å². The molecule has 7 heterocycles. The summed E-state index contributed by atoms with van der Waals surface area (Å²) in [5.41, 5.74) is 9.60. The lowest BCUT2D eigenvalue weighted by Crippen LogP contribution is -2.49. The van der Waals surface area contributed by atoms with E-state index in [9.17, 15) is 14.4 Å². The molecule has 4 fully saturated rings. The van der Waals surface area contributed by atoms with Gasteiger partial charge in [0.1, 0.15) is 29.9 Å². The molecule has 14 nitrogen and oxygen atoms in total. The van der Waals surface area contributed by atoms with Gasteiger partial charge in [0, 0.05) is 101 Å². The summed E-state index contributed by atoms with van der Waals surface area (Å²) in [6.45, 7) is 10.4. The number of piperazine rings is 1. The molecule has 0 saturated carbocycles. The standard InChI is InChI=1S/C52H61FN10O4/c1-33(47-30-41-40(14-19-54-50(41)59(47)2)38-8-10-43-45(28-38)57-48(56-43)32-67-3)61-22-17-36(18-23-61)35-4-6-37(7-5-35)52(66)63-20-15-34(16-21-63)31-60-24-26-62(27-25-60)46-12-9-39(29-42(46)53)55-44-11-13-49(64)58-51(44)65/h4-10,12,14,19,28-30,33-34,36,44,55H,11,13,15-18,20-27,31-32H2,1-3H3,(H,56,57)(H,58,64,65)/t33-,44-/m0/s1. The maximum absolute atomic E-state index is 15.3. The number of carbonyl (C=O) groups excluding carboxylic acids is 3. The maximum atomic E-state index is 15.3. The molecule has 15 heteroatoms. The highest BCUT2D eigenvalue weighted by atomic mass is 19.1. The van der Waals surface area contributed by atoms with Crippen molar-refractivity contribution in [1.29, 1.82) is 0 Å². The van der Waals surface area contributed by atoms with Crippen LogP contribution >= 0.6 is 0 Å². The van der Waals surface area contributed by atoms with Crippen LogP contribution in [0.25, 0.3) is 33.2 Å². The summed E-state index contributed by atoms with van der Waals surface area (Å²) in [5.74, 6) is 0.941. The minimum Gasteiger partial charge on any atom is -0.377 e. The number of halogens is 1. The Hall–Kier alpha value is -6.16. The number of pyridine rings is 1. The van der Waals surface area contributed by atoms with Gasteiger partial charge in [-0.3, -0.25) is 29.5 Å². The van der Waals surface area contributed by atoms with Crippen LogP contribution in [0.15, 0.2) is 79.0 Å². The molecule has 3 amide bonds. The highest BCUT2D eigenvalue weighted by molar-refractivity contribution is 6.01. The van der Waals surface area contributed by atoms with Crippen molar-refractivity contribution in [3.63, 3.8) is 0 Å². The predicted octanol–water partition coefficient (Wildman–Crippen LogP) is 7.23. The van der Waals surface area contributed by atoms with E-state index >= 15 is 4.39 Å². The SMILES string of the molecule is COCc1nc2ccc(-c3ccnc4c3cc([C@H](C)N3CCC(c5ccc(C(=O)N6CCC(CN7CCN(c8ccc(N[C@H]9CCC(=O)NC9=O)cc8F)CC7)CC6)cc5)CC3)n4C)cc2[nH]1. The zero-order chi connectivity index (χ0) is 46.2. The number of piperidine rings is 3. The highest BCUT2D eigenvalue weighted by Crippen LogP contribution is 2.37. The lowest BCUT2D eigenvalue weighted by Gasteiger charge is -2.39. The number of anilines is 2. The van der Waals surface area contributed by atoms with E-state index in [2.05, 4.69) is 96.3 Å². The molecule has 4 aliphatic heterocycles. The summed E-state index contributed by atoms with van der Waals surface area (Å²) in [6, 6.07) is 23.9. The molecule has 4 saturated heterocycles. The van der Waals surface area contributed by atoms with Crippen molar-refractivity contribution in [3.8, 4) is 11.1 Å². The average Bonchev–Trinajstić information content (AvgIpc) is 3.92. The van der Waals surface area contributed by atoms with Crippen molar-refractivity contribution in [3.05, 3.63) is 107 Å². The van der Waals surface area contributed by atoms with Crippen LogP contribution in [0.1, 0.15) is 84.8 Å². The molecule has 6 aromatic rings. The molecule has 0 bridgehead atoms. The number of rotatable bonds is 12. The fourth-order valence-electron chi connectivity index (χ4n) is 11.0. The Bertz CT molecular complexity index is 2760. The molecular formula is C52H61FN10O4. The van der Waals surface area contributed by atoms with Crippen LogP contribution < -0.4 is 15.5 Å². The number of H-pyrrole nitrogens is 1. The molecule has 0 unspecified atom stereocenters. The van der Waals surface area contributed by atoms with Gasteiger partial charge in [-0.15, -0.1) is 0 Å². The number of hydrogen-bond acceptors (Lipinski definition) is 10. The van der Waals surface area contributed by atoms with Crippen LogP contribution in [0.5, 0.6) is 0 Å². The summed E-state index contributed by atoms with van der Waals surface area (Å²) in [5, 5.41) is 6.55. The number of imide groups is 1. The Kier molecular flexibility index (Phi) is 12.8. The number of imidazole rings is 1. The Morgan fingerprint density at radius 1 is 0.896 bits per heavy atom. The van der Waals surface area contributed by atoms with E-state index in [0.29, 0.717) is 36.2 Å². The summed E-state index contributed by atoms with van der Waals surface area (Å²) in [6.07, 6.45) is 6.65. The molecule has 10 rings (SSSR count). The van der Waals surface area contributed by atoms with Gasteiger partial charge in [0.25, 0.3) is 5.91 Å². The molecule has 2 atom stereocenters. The van der Waals surface area contributed by atoms with Gasteiger partial charge in [-0.05, 0) is 135 Å². The van der Waals surface area contributed by atoms with E-state index in [1.165, 1.54) is 17.3 Å².